The zero-order chi connectivity index (χ0) is 17.6. The molecule has 6 heteroatoms. The molecule has 1 heterocycles. The first kappa shape index (κ1) is 17.0. The minimum absolute atomic E-state index is 0.209. The van der Waals surface area contributed by atoms with Crippen LogP contribution in [0, 0.1) is 0 Å². The molecule has 0 bridgehead atoms. The van der Waals surface area contributed by atoms with Crippen molar-refractivity contribution >= 4 is 39.0 Å². The van der Waals surface area contributed by atoms with E-state index < -0.39 is 5.91 Å². The zero-order valence-corrected chi connectivity index (χ0v) is 14.8. The Labute approximate surface area is 153 Å². The normalized spacial score (nSPS) is 10.9. The van der Waals surface area contributed by atoms with Crippen LogP contribution in [0.3, 0.4) is 0 Å². The van der Waals surface area contributed by atoms with Gasteiger partial charge in [-0.05, 0) is 30.3 Å². The van der Waals surface area contributed by atoms with Crippen LogP contribution in [0.5, 0.6) is 5.75 Å². The number of rotatable bonds is 6. The molecule has 0 aliphatic carbocycles. The lowest BCUT2D eigenvalue weighted by Gasteiger charge is -2.05. The van der Waals surface area contributed by atoms with Crippen LogP contribution in [0.25, 0.3) is 11.0 Å². The van der Waals surface area contributed by atoms with Gasteiger partial charge in [-0.25, -0.2) is 5.43 Å². The van der Waals surface area contributed by atoms with E-state index >= 15 is 0 Å². The Bertz CT molecular complexity index is 914. The number of halogens is 1. The molecule has 0 saturated carbocycles. The molecule has 0 fully saturated rings. The van der Waals surface area contributed by atoms with Crippen LogP contribution in [0.4, 0.5) is 0 Å². The first-order chi connectivity index (χ1) is 12.2. The summed E-state index contributed by atoms with van der Waals surface area (Å²) >= 11 is 3.44. The maximum absolute atomic E-state index is 12.1. The van der Waals surface area contributed by atoms with E-state index in [1.54, 1.807) is 18.2 Å². The summed E-state index contributed by atoms with van der Waals surface area (Å²) in [7, 11) is 0. The zero-order valence-electron chi connectivity index (χ0n) is 13.2. The van der Waals surface area contributed by atoms with Crippen molar-refractivity contribution < 1.29 is 13.9 Å². The van der Waals surface area contributed by atoms with Gasteiger partial charge >= 0.3 is 5.91 Å². The van der Waals surface area contributed by atoms with Crippen molar-refractivity contribution in [1.82, 2.24) is 5.43 Å². The van der Waals surface area contributed by atoms with Gasteiger partial charge in [0.2, 0.25) is 0 Å². The molecule has 126 valence electrons. The third kappa shape index (κ3) is 4.16. The Morgan fingerprint density at radius 3 is 2.92 bits per heavy atom. The van der Waals surface area contributed by atoms with Gasteiger partial charge in [-0.2, -0.15) is 5.10 Å². The molecule has 2 aromatic carbocycles. The maximum atomic E-state index is 12.1. The summed E-state index contributed by atoms with van der Waals surface area (Å²) in [5.41, 5.74) is 3.89. The topological polar surface area (TPSA) is 63.8 Å². The number of ether oxygens (including phenoxy) is 1. The highest BCUT2D eigenvalue weighted by atomic mass is 79.9. The third-order valence-electron chi connectivity index (χ3n) is 3.35. The van der Waals surface area contributed by atoms with E-state index in [0.717, 1.165) is 15.4 Å². The molecule has 0 spiro atoms. The molecule has 3 rings (SSSR count). The van der Waals surface area contributed by atoms with Gasteiger partial charge < -0.3 is 9.15 Å². The summed E-state index contributed by atoms with van der Waals surface area (Å²) in [6.45, 7) is 4.03. The van der Waals surface area contributed by atoms with Crippen molar-refractivity contribution in [2.45, 2.75) is 0 Å². The highest BCUT2D eigenvalue weighted by Gasteiger charge is 2.11. The van der Waals surface area contributed by atoms with Crippen LogP contribution in [0.15, 0.2) is 75.2 Å². The number of furan rings is 1. The van der Waals surface area contributed by atoms with Crippen LogP contribution in [0.2, 0.25) is 0 Å². The fourth-order valence-electron chi connectivity index (χ4n) is 2.18. The van der Waals surface area contributed by atoms with E-state index in [-0.39, 0.29) is 5.76 Å². The molecule has 0 radical (unpaired) electrons. The summed E-state index contributed by atoms with van der Waals surface area (Å²) in [5.74, 6) is 0.483. The summed E-state index contributed by atoms with van der Waals surface area (Å²) in [6.07, 6.45) is 3.20. The van der Waals surface area contributed by atoms with Gasteiger partial charge in [-0.15, -0.1) is 0 Å². The Hall–Kier alpha value is -2.86. The summed E-state index contributed by atoms with van der Waals surface area (Å²) < 4.78 is 11.8. The molecule has 1 aromatic heterocycles. The van der Waals surface area contributed by atoms with Crippen LogP contribution in [-0.2, 0) is 0 Å². The Kier molecular flexibility index (Phi) is 5.30. The molecule has 0 saturated heterocycles. The summed E-state index contributed by atoms with van der Waals surface area (Å²) in [6, 6.07) is 14.6. The molecular formula is C19H15BrN2O3. The fourth-order valence-corrected chi connectivity index (χ4v) is 2.52. The summed E-state index contributed by atoms with van der Waals surface area (Å²) in [4.78, 5) is 12.1. The van der Waals surface area contributed by atoms with Crippen molar-refractivity contribution in [2.24, 2.45) is 5.10 Å². The Balaban J connectivity index is 1.69. The predicted octanol–water partition coefficient (Wildman–Crippen LogP) is 4.52. The molecular weight excluding hydrogens is 384 g/mol. The van der Waals surface area contributed by atoms with Crippen molar-refractivity contribution in [1.29, 1.82) is 0 Å². The van der Waals surface area contributed by atoms with Gasteiger partial charge in [0.25, 0.3) is 0 Å². The number of para-hydroxylation sites is 1. The predicted molar refractivity (Wildman–Crippen MR) is 101 cm³/mol. The third-order valence-corrected chi connectivity index (χ3v) is 4.08. The van der Waals surface area contributed by atoms with Crippen molar-refractivity contribution in [2.75, 3.05) is 6.61 Å². The monoisotopic (exact) mass is 398 g/mol. The number of nitrogens with zero attached hydrogens (tertiary/aromatic N) is 1. The van der Waals surface area contributed by atoms with Crippen LogP contribution in [-0.4, -0.2) is 18.7 Å². The molecule has 3 aromatic rings. The number of amides is 1. The van der Waals surface area contributed by atoms with Gasteiger partial charge in [0.1, 0.15) is 17.9 Å². The molecule has 0 aliphatic rings. The molecule has 0 aliphatic heterocycles. The van der Waals surface area contributed by atoms with Gasteiger partial charge in [-0.3, -0.25) is 4.79 Å². The number of carbonyl (C=O) groups is 1. The maximum Gasteiger partial charge on any atom is 0.307 e. The number of benzene rings is 2. The van der Waals surface area contributed by atoms with E-state index in [1.807, 2.05) is 36.4 Å². The second kappa shape index (κ2) is 7.81. The molecule has 1 N–H and O–H groups in total. The minimum atomic E-state index is -0.414. The van der Waals surface area contributed by atoms with Crippen molar-refractivity contribution in [3.8, 4) is 5.75 Å². The second-order valence-electron chi connectivity index (χ2n) is 5.13. The minimum Gasteiger partial charge on any atom is -0.490 e. The average molecular weight is 399 g/mol. The fraction of sp³-hybridized carbons (Fsp3) is 0.0526. The average Bonchev–Trinajstić information content (AvgIpc) is 3.06. The molecule has 5 nitrogen and oxygen atoms in total. The number of hydrogen-bond acceptors (Lipinski definition) is 4. The number of nitrogens with one attached hydrogen (secondary N) is 1. The lowest BCUT2D eigenvalue weighted by Crippen LogP contribution is -2.16. The van der Waals surface area contributed by atoms with Crippen molar-refractivity contribution in [3.63, 3.8) is 0 Å². The Morgan fingerprint density at radius 1 is 1.28 bits per heavy atom. The largest absolute Gasteiger partial charge is 0.490 e. The number of hydrazone groups is 1. The first-order valence-corrected chi connectivity index (χ1v) is 8.32. The van der Waals surface area contributed by atoms with E-state index in [0.29, 0.717) is 17.9 Å². The van der Waals surface area contributed by atoms with Gasteiger partial charge in [0.05, 0.1) is 6.21 Å². The second-order valence-corrected chi connectivity index (χ2v) is 5.98. The Morgan fingerprint density at radius 2 is 2.12 bits per heavy atom. The van der Waals surface area contributed by atoms with Crippen molar-refractivity contribution in [3.05, 3.63) is 77.0 Å². The van der Waals surface area contributed by atoms with Gasteiger partial charge in [0, 0.05) is 15.4 Å². The highest BCUT2D eigenvalue weighted by molar-refractivity contribution is 9.10. The number of hydrogen-bond donors (Lipinski definition) is 1. The van der Waals surface area contributed by atoms with Crippen LogP contribution < -0.4 is 10.2 Å². The SMILES string of the molecule is C=CCOc1ccc(Br)c(/C=N\NC(=O)c2cc3ccccc3o2)c1. The molecule has 0 atom stereocenters. The van der Waals surface area contributed by atoms with E-state index in [9.17, 15) is 4.79 Å². The first-order valence-electron chi connectivity index (χ1n) is 7.52. The standard InChI is InChI=1S/C19H15BrN2O3/c1-2-9-24-15-7-8-16(20)14(10-15)12-21-22-19(23)18-11-13-5-3-4-6-17(13)25-18/h2-8,10-12H,1,9H2,(H,22,23)/b21-12-. The molecule has 0 unspecified atom stereocenters. The van der Waals surface area contributed by atoms with Gasteiger partial charge in [-0.1, -0.05) is 46.8 Å². The molecule has 25 heavy (non-hydrogen) atoms. The number of carbonyl (C=O) groups excluding carboxylic acids is 1. The van der Waals surface area contributed by atoms with Crippen LogP contribution in [0.1, 0.15) is 16.1 Å². The number of fused-ring (bicyclic) bond motifs is 1. The van der Waals surface area contributed by atoms with E-state index in [1.165, 1.54) is 6.21 Å². The van der Waals surface area contributed by atoms with E-state index in [2.05, 4.69) is 33.0 Å². The lowest BCUT2D eigenvalue weighted by atomic mass is 10.2. The smallest absolute Gasteiger partial charge is 0.307 e. The quantitative estimate of drug-likeness (QED) is 0.377. The highest BCUT2D eigenvalue weighted by Crippen LogP contribution is 2.21. The van der Waals surface area contributed by atoms with E-state index in [4.69, 9.17) is 9.15 Å². The van der Waals surface area contributed by atoms with Crippen LogP contribution >= 0.6 is 15.9 Å². The van der Waals surface area contributed by atoms with Gasteiger partial charge in [0.15, 0.2) is 5.76 Å². The summed E-state index contributed by atoms with van der Waals surface area (Å²) in [5, 5.41) is 4.85. The molecule has 1 amide bonds. The lowest BCUT2D eigenvalue weighted by molar-refractivity contribution is 0.0929.